The lowest BCUT2D eigenvalue weighted by Crippen LogP contribution is -2.48. The Morgan fingerprint density at radius 1 is 0.962 bits per heavy atom. The molecule has 0 radical (unpaired) electrons. The van der Waals surface area contributed by atoms with Crippen molar-refractivity contribution in [1.82, 2.24) is 4.31 Å². The van der Waals surface area contributed by atoms with Crippen LogP contribution in [0.15, 0.2) is 47.4 Å². The Morgan fingerprint density at radius 3 is 2.31 bits per heavy atom. The fourth-order valence-electron chi connectivity index (χ4n) is 3.19. The highest BCUT2D eigenvalue weighted by Crippen LogP contribution is 2.30. The normalized spacial score (nSPS) is 15.9. The van der Waals surface area contributed by atoms with Crippen LogP contribution in [0.1, 0.15) is 18.1 Å². The molecule has 0 aliphatic carbocycles. The molecule has 1 heterocycles. The summed E-state index contributed by atoms with van der Waals surface area (Å²) in [5, 5.41) is 0. The zero-order valence-corrected chi connectivity index (χ0v) is 16.4. The fourth-order valence-corrected chi connectivity index (χ4v) is 4.70. The van der Waals surface area contributed by atoms with Gasteiger partial charge in [0.2, 0.25) is 10.0 Å². The Morgan fingerprint density at radius 2 is 1.65 bits per heavy atom. The molecule has 2 aromatic carbocycles. The van der Waals surface area contributed by atoms with E-state index in [9.17, 15) is 8.42 Å². The SMILES string of the molecule is CCOc1ccccc1N1CCN(S(=O)(=O)c2ccc(C)c(C)c2)CC1. The first kappa shape index (κ1) is 18.7. The predicted molar refractivity (Wildman–Crippen MR) is 104 cm³/mol. The number of aryl methyl sites for hydroxylation is 2. The van der Waals surface area contributed by atoms with Crippen molar-refractivity contribution in [3.8, 4) is 5.75 Å². The smallest absolute Gasteiger partial charge is 0.243 e. The molecule has 0 atom stereocenters. The van der Waals surface area contributed by atoms with E-state index in [1.54, 1.807) is 16.4 Å². The van der Waals surface area contributed by atoms with Crippen molar-refractivity contribution in [3.05, 3.63) is 53.6 Å². The maximum Gasteiger partial charge on any atom is 0.243 e. The number of ether oxygens (including phenoxy) is 1. The summed E-state index contributed by atoms with van der Waals surface area (Å²) in [6, 6.07) is 13.3. The van der Waals surface area contributed by atoms with E-state index in [1.807, 2.05) is 51.1 Å². The molecule has 0 bridgehead atoms. The molecule has 0 unspecified atom stereocenters. The van der Waals surface area contributed by atoms with Crippen LogP contribution >= 0.6 is 0 Å². The molecule has 1 saturated heterocycles. The molecule has 1 aliphatic heterocycles. The van der Waals surface area contributed by atoms with Gasteiger partial charge in [0.05, 0.1) is 17.2 Å². The molecular formula is C20H26N2O3S. The molecule has 2 aromatic rings. The maximum absolute atomic E-state index is 12.9. The fraction of sp³-hybridized carbons (Fsp3) is 0.400. The van der Waals surface area contributed by atoms with Crippen LogP contribution in [0.5, 0.6) is 5.75 Å². The molecule has 0 amide bonds. The van der Waals surface area contributed by atoms with Crippen molar-refractivity contribution in [3.63, 3.8) is 0 Å². The van der Waals surface area contributed by atoms with Crippen molar-refractivity contribution in [1.29, 1.82) is 0 Å². The van der Waals surface area contributed by atoms with Gasteiger partial charge < -0.3 is 9.64 Å². The monoisotopic (exact) mass is 374 g/mol. The number of hydrogen-bond acceptors (Lipinski definition) is 4. The highest BCUT2D eigenvalue weighted by atomic mass is 32.2. The van der Waals surface area contributed by atoms with Crippen LogP contribution in [0.2, 0.25) is 0 Å². The van der Waals surface area contributed by atoms with Crippen molar-refractivity contribution < 1.29 is 13.2 Å². The minimum absolute atomic E-state index is 0.378. The number of rotatable bonds is 5. The number of piperazine rings is 1. The van der Waals surface area contributed by atoms with Gasteiger partial charge in [-0.05, 0) is 56.2 Å². The summed E-state index contributed by atoms with van der Waals surface area (Å²) in [5.74, 6) is 0.848. The summed E-state index contributed by atoms with van der Waals surface area (Å²) in [7, 11) is -3.45. The van der Waals surface area contributed by atoms with Gasteiger partial charge in [-0.2, -0.15) is 4.31 Å². The number of sulfonamides is 1. The third-order valence-corrected chi connectivity index (χ3v) is 6.76. The number of anilines is 1. The van der Waals surface area contributed by atoms with E-state index in [0.29, 0.717) is 37.7 Å². The predicted octanol–water partition coefficient (Wildman–Crippen LogP) is 3.21. The average molecular weight is 375 g/mol. The molecule has 1 fully saturated rings. The molecule has 0 N–H and O–H groups in total. The number of para-hydroxylation sites is 2. The van der Waals surface area contributed by atoms with Gasteiger partial charge in [-0.25, -0.2) is 8.42 Å². The molecule has 0 spiro atoms. The summed E-state index contributed by atoms with van der Waals surface area (Å²) >= 11 is 0. The van der Waals surface area contributed by atoms with E-state index in [4.69, 9.17) is 4.74 Å². The standard InChI is InChI=1S/C20H26N2O3S/c1-4-25-20-8-6-5-7-19(20)21-11-13-22(14-12-21)26(23,24)18-10-9-16(2)17(3)15-18/h5-10,15H,4,11-14H2,1-3H3. The lowest BCUT2D eigenvalue weighted by atomic mass is 10.1. The van der Waals surface area contributed by atoms with Gasteiger partial charge in [0.1, 0.15) is 5.75 Å². The van der Waals surface area contributed by atoms with Gasteiger partial charge in [-0.15, -0.1) is 0 Å². The van der Waals surface area contributed by atoms with Crippen molar-refractivity contribution in [2.45, 2.75) is 25.7 Å². The Hall–Kier alpha value is -2.05. The van der Waals surface area contributed by atoms with Gasteiger partial charge in [0.15, 0.2) is 0 Å². The summed E-state index contributed by atoms with van der Waals surface area (Å²) < 4.78 is 33.2. The molecule has 0 saturated carbocycles. The second-order valence-electron chi connectivity index (χ2n) is 6.54. The first-order valence-corrected chi connectivity index (χ1v) is 10.4. The largest absolute Gasteiger partial charge is 0.492 e. The van der Waals surface area contributed by atoms with Gasteiger partial charge in [0.25, 0.3) is 0 Å². The molecule has 0 aromatic heterocycles. The second kappa shape index (κ2) is 7.68. The molecular weight excluding hydrogens is 348 g/mol. The Kier molecular flexibility index (Phi) is 5.53. The number of benzene rings is 2. The van der Waals surface area contributed by atoms with Crippen molar-refractivity contribution in [2.24, 2.45) is 0 Å². The minimum Gasteiger partial charge on any atom is -0.492 e. The zero-order valence-electron chi connectivity index (χ0n) is 15.6. The van der Waals surface area contributed by atoms with Crippen LogP contribution in [0.4, 0.5) is 5.69 Å². The Labute approximate surface area is 156 Å². The van der Waals surface area contributed by atoms with E-state index < -0.39 is 10.0 Å². The van der Waals surface area contributed by atoms with Crippen LogP contribution in [-0.2, 0) is 10.0 Å². The van der Waals surface area contributed by atoms with E-state index >= 15 is 0 Å². The third kappa shape index (κ3) is 3.71. The van der Waals surface area contributed by atoms with Gasteiger partial charge in [0, 0.05) is 26.2 Å². The maximum atomic E-state index is 12.9. The molecule has 6 heteroatoms. The topological polar surface area (TPSA) is 49.9 Å². The van der Waals surface area contributed by atoms with E-state index in [0.717, 1.165) is 22.6 Å². The molecule has 26 heavy (non-hydrogen) atoms. The molecule has 1 aliphatic rings. The number of nitrogens with zero attached hydrogens (tertiary/aromatic N) is 2. The van der Waals surface area contributed by atoms with E-state index in [2.05, 4.69) is 4.90 Å². The summed E-state index contributed by atoms with van der Waals surface area (Å²) in [4.78, 5) is 2.57. The van der Waals surface area contributed by atoms with Crippen LogP contribution in [-0.4, -0.2) is 45.5 Å². The van der Waals surface area contributed by atoms with Crippen LogP contribution in [0.25, 0.3) is 0 Å². The van der Waals surface area contributed by atoms with E-state index in [1.165, 1.54) is 0 Å². The van der Waals surface area contributed by atoms with Crippen LogP contribution < -0.4 is 9.64 Å². The van der Waals surface area contributed by atoms with Gasteiger partial charge in [-0.1, -0.05) is 18.2 Å². The highest BCUT2D eigenvalue weighted by molar-refractivity contribution is 7.89. The lowest BCUT2D eigenvalue weighted by Gasteiger charge is -2.36. The quantitative estimate of drug-likeness (QED) is 0.806. The van der Waals surface area contributed by atoms with E-state index in [-0.39, 0.29) is 0 Å². The average Bonchev–Trinajstić information content (AvgIpc) is 2.65. The third-order valence-electron chi connectivity index (χ3n) is 4.86. The molecule has 140 valence electrons. The Balaban J connectivity index is 1.75. The lowest BCUT2D eigenvalue weighted by molar-refractivity contribution is 0.337. The van der Waals surface area contributed by atoms with Crippen LogP contribution in [0, 0.1) is 13.8 Å². The Bertz CT molecular complexity index is 872. The number of hydrogen-bond donors (Lipinski definition) is 0. The summed E-state index contributed by atoms with van der Waals surface area (Å²) in [6.45, 7) is 8.73. The van der Waals surface area contributed by atoms with Gasteiger partial charge >= 0.3 is 0 Å². The van der Waals surface area contributed by atoms with Crippen molar-refractivity contribution in [2.75, 3.05) is 37.7 Å². The second-order valence-corrected chi connectivity index (χ2v) is 8.48. The zero-order chi connectivity index (χ0) is 18.7. The van der Waals surface area contributed by atoms with Gasteiger partial charge in [-0.3, -0.25) is 0 Å². The first-order valence-electron chi connectivity index (χ1n) is 8.97. The first-order chi connectivity index (χ1) is 12.4. The molecule has 5 nitrogen and oxygen atoms in total. The van der Waals surface area contributed by atoms with Crippen LogP contribution in [0.3, 0.4) is 0 Å². The highest BCUT2D eigenvalue weighted by Gasteiger charge is 2.29. The summed E-state index contributed by atoms with van der Waals surface area (Å²) in [6.07, 6.45) is 0. The molecule has 3 rings (SSSR count). The van der Waals surface area contributed by atoms with Crippen molar-refractivity contribution >= 4 is 15.7 Å². The minimum atomic E-state index is -3.45. The summed E-state index contributed by atoms with van der Waals surface area (Å²) in [5.41, 5.74) is 3.12.